The topological polar surface area (TPSA) is 27.7 Å². The van der Waals surface area contributed by atoms with Crippen LogP contribution in [0.4, 0.5) is 0 Å². The molecule has 3 nitrogen and oxygen atoms in total. The Balaban J connectivity index is 1.84. The third-order valence-electron chi connectivity index (χ3n) is 8.48. The Labute approximate surface area is 175 Å². The monoisotopic (exact) mass is 406 g/mol. The molecule has 3 aliphatic rings. The van der Waals surface area contributed by atoms with Crippen LogP contribution in [-0.2, 0) is 13.7 Å². The van der Waals surface area contributed by atoms with Crippen molar-refractivity contribution in [3.05, 3.63) is 11.5 Å². The molecule has 1 saturated carbocycles. The summed E-state index contributed by atoms with van der Waals surface area (Å²) in [5.74, 6) is 0. The highest BCUT2D eigenvalue weighted by Gasteiger charge is 2.55. The SMILES string of the molecule is CC1(C)OB(C2=CCC(O[Si](C)(C)C(C)(C)C)C3(CCCCC3)C2)OC1(C)C. The number of hydrogen-bond acceptors (Lipinski definition) is 3. The molecule has 28 heavy (non-hydrogen) atoms. The van der Waals surface area contributed by atoms with Crippen LogP contribution in [0.3, 0.4) is 0 Å². The predicted octanol–water partition coefficient (Wildman–Crippen LogP) is 6.68. The van der Waals surface area contributed by atoms with E-state index in [4.69, 9.17) is 13.7 Å². The molecule has 1 aliphatic heterocycles. The largest absolute Gasteiger partial charge is 0.490 e. The van der Waals surface area contributed by atoms with Gasteiger partial charge in [0.2, 0.25) is 0 Å². The third-order valence-corrected chi connectivity index (χ3v) is 13.0. The second-order valence-electron chi connectivity index (χ2n) is 12.1. The Morgan fingerprint density at radius 1 is 1.00 bits per heavy atom. The highest BCUT2D eigenvalue weighted by molar-refractivity contribution is 6.74. The van der Waals surface area contributed by atoms with E-state index in [0.717, 1.165) is 12.8 Å². The van der Waals surface area contributed by atoms with Crippen molar-refractivity contribution in [2.45, 2.75) is 129 Å². The predicted molar refractivity (Wildman–Crippen MR) is 121 cm³/mol. The van der Waals surface area contributed by atoms with Gasteiger partial charge in [0.1, 0.15) is 0 Å². The normalized spacial score (nSPS) is 29.8. The minimum Gasteiger partial charge on any atom is -0.413 e. The molecule has 5 heteroatoms. The van der Waals surface area contributed by atoms with E-state index in [2.05, 4.69) is 67.6 Å². The van der Waals surface area contributed by atoms with Gasteiger partial charge in [-0.1, -0.05) is 46.1 Å². The molecular formula is C23H43BO3Si. The van der Waals surface area contributed by atoms with Crippen molar-refractivity contribution >= 4 is 15.4 Å². The van der Waals surface area contributed by atoms with Crippen LogP contribution < -0.4 is 0 Å². The van der Waals surface area contributed by atoms with Gasteiger partial charge in [-0.05, 0) is 82.4 Å². The maximum absolute atomic E-state index is 7.04. The van der Waals surface area contributed by atoms with Crippen LogP contribution in [0.25, 0.3) is 0 Å². The fourth-order valence-corrected chi connectivity index (χ4v) is 6.15. The Morgan fingerprint density at radius 3 is 2.04 bits per heavy atom. The molecule has 0 radical (unpaired) electrons. The van der Waals surface area contributed by atoms with E-state index in [0.29, 0.717) is 6.10 Å². The van der Waals surface area contributed by atoms with Crippen molar-refractivity contribution in [3.63, 3.8) is 0 Å². The molecule has 0 amide bonds. The summed E-state index contributed by atoms with van der Waals surface area (Å²) in [5, 5.41) is 0.249. The van der Waals surface area contributed by atoms with Gasteiger partial charge in [0, 0.05) is 0 Å². The van der Waals surface area contributed by atoms with Gasteiger partial charge in [-0.15, -0.1) is 0 Å². The Hall–Kier alpha value is -0.0982. The van der Waals surface area contributed by atoms with Crippen molar-refractivity contribution in [2.75, 3.05) is 0 Å². The molecule has 0 aromatic rings. The van der Waals surface area contributed by atoms with E-state index in [-0.39, 0.29) is 28.8 Å². The lowest BCUT2D eigenvalue weighted by atomic mass is 9.58. The van der Waals surface area contributed by atoms with E-state index in [1.165, 1.54) is 37.6 Å². The summed E-state index contributed by atoms with van der Waals surface area (Å²) in [4.78, 5) is 0. The fourth-order valence-electron chi connectivity index (χ4n) is 4.74. The van der Waals surface area contributed by atoms with Crippen LogP contribution in [-0.4, -0.2) is 32.7 Å². The molecule has 2 fully saturated rings. The van der Waals surface area contributed by atoms with Gasteiger partial charge in [0.15, 0.2) is 8.32 Å². The zero-order chi connectivity index (χ0) is 21.0. The van der Waals surface area contributed by atoms with E-state index in [1.807, 2.05) is 0 Å². The third kappa shape index (κ3) is 4.06. The van der Waals surface area contributed by atoms with Crippen molar-refractivity contribution in [3.8, 4) is 0 Å². The fraction of sp³-hybridized carbons (Fsp3) is 0.913. The summed E-state index contributed by atoms with van der Waals surface area (Å²) in [5.41, 5.74) is 1.08. The average molecular weight is 406 g/mol. The number of allylic oxidation sites excluding steroid dienone is 1. The molecule has 1 unspecified atom stereocenters. The van der Waals surface area contributed by atoms with Crippen LogP contribution in [0.2, 0.25) is 18.1 Å². The van der Waals surface area contributed by atoms with Crippen LogP contribution in [0, 0.1) is 5.41 Å². The standard InChI is InChI=1S/C23H43BO3Si/c1-20(2,3)28(8,9)25-19-14-13-18(17-23(19)15-11-10-12-16-23)24-26-21(4,5)22(6,7)27-24/h13,19H,10-12,14-17H2,1-9H3. The molecule has 160 valence electrons. The first-order valence-corrected chi connectivity index (χ1v) is 14.3. The van der Waals surface area contributed by atoms with Crippen molar-refractivity contribution in [2.24, 2.45) is 5.41 Å². The van der Waals surface area contributed by atoms with Gasteiger partial charge in [0.05, 0.1) is 17.3 Å². The second-order valence-corrected chi connectivity index (χ2v) is 16.8. The van der Waals surface area contributed by atoms with E-state index < -0.39 is 8.32 Å². The molecule has 0 bridgehead atoms. The second kappa shape index (κ2) is 7.25. The minimum absolute atomic E-state index is 0.197. The molecular weight excluding hydrogens is 363 g/mol. The molecule has 3 rings (SSSR count). The maximum Gasteiger partial charge on any atom is 0.490 e. The lowest BCUT2D eigenvalue weighted by Gasteiger charge is -2.51. The van der Waals surface area contributed by atoms with E-state index >= 15 is 0 Å². The summed E-state index contributed by atoms with van der Waals surface area (Å²) in [7, 11) is -1.99. The average Bonchev–Trinajstić information content (AvgIpc) is 2.77. The summed E-state index contributed by atoms with van der Waals surface area (Å²) in [6.45, 7) is 20.4. The maximum atomic E-state index is 7.04. The van der Waals surface area contributed by atoms with Gasteiger partial charge in [-0.25, -0.2) is 0 Å². The first kappa shape index (κ1) is 22.6. The molecule has 0 N–H and O–H groups in total. The van der Waals surface area contributed by atoms with Crippen molar-refractivity contribution in [1.29, 1.82) is 0 Å². The van der Waals surface area contributed by atoms with Crippen LogP contribution in [0.5, 0.6) is 0 Å². The van der Waals surface area contributed by atoms with Crippen LogP contribution in [0.15, 0.2) is 11.5 Å². The summed E-state index contributed by atoms with van der Waals surface area (Å²) >= 11 is 0. The highest BCUT2D eigenvalue weighted by atomic mass is 28.4. The van der Waals surface area contributed by atoms with Crippen molar-refractivity contribution in [1.82, 2.24) is 0 Å². The highest BCUT2D eigenvalue weighted by Crippen LogP contribution is 2.53. The Morgan fingerprint density at radius 2 is 1.54 bits per heavy atom. The number of rotatable bonds is 3. The molecule has 1 saturated heterocycles. The molecule has 0 aromatic carbocycles. The van der Waals surface area contributed by atoms with E-state index in [9.17, 15) is 0 Å². The van der Waals surface area contributed by atoms with Crippen LogP contribution >= 0.6 is 0 Å². The summed E-state index contributed by atoms with van der Waals surface area (Å²) in [6, 6.07) is 0. The molecule has 1 spiro atoms. The van der Waals surface area contributed by atoms with Crippen molar-refractivity contribution < 1.29 is 13.7 Å². The van der Waals surface area contributed by atoms with Crippen LogP contribution in [0.1, 0.15) is 93.4 Å². The first-order chi connectivity index (χ1) is 12.7. The van der Waals surface area contributed by atoms with Gasteiger partial charge in [0.25, 0.3) is 0 Å². The quantitative estimate of drug-likeness (QED) is 0.489. The minimum atomic E-state index is -1.79. The molecule has 2 aliphatic carbocycles. The molecule has 1 heterocycles. The van der Waals surface area contributed by atoms with Gasteiger partial charge >= 0.3 is 7.12 Å². The first-order valence-electron chi connectivity index (χ1n) is 11.4. The Bertz CT molecular complexity index is 596. The number of hydrogen-bond donors (Lipinski definition) is 0. The van der Waals surface area contributed by atoms with Gasteiger partial charge in [-0.2, -0.15) is 0 Å². The molecule has 0 aromatic heterocycles. The van der Waals surface area contributed by atoms with Gasteiger partial charge < -0.3 is 13.7 Å². The zero-order valence-corrected chi connectivity index (χ0v) is 20.9. The smallest absolute Gasteiger partial charge is 0.413 e. The lowest BCUT2D eigenvalue weighted by Crippen LogP contribution is -2.51. The summed E-state index contributed by atoms with van der Waals surface area (Å²) in [6.07, 6.45) is 11.4. The zero-order valence-electron chi connectivity index (χ0n) is 19.9. The van der Waals surface area contributed by atoms with Gasteiger partial charge in [-0.3, -0.25) is 0 Å². The Kier molecular flexibility index (Phi) is 5.85. The molecule has 1 atom stereocenters. The van der Waals surface area contributed by atoms with E-state index in [1.54, 1.807) is 0 Å². The summed E-state index contributed by atoms with van der Waals surface area (Å²) < 4.78 is 19.9. The lowest BCUT2D eigenvalue weighted by molar-refractivity contribution is 0.00140.